The van der Waals surface area contributed by atoms with Gasteiger partial charge in [0, 0.05) is 11.5 Å². The fourth-order valence-electron chi connectivity index (χ4n) is 2.63. The molecule has 0 aliphatic rings. The molecule has 4 heteroatoms. The van der Waals surface area contributed by atoms with Gasteiger partial charge in [-0.2, -0.15) is 0 Å². The molecule has 0 aliphatic heterocycles. The average molecular weight is 410 g/mol. The minimum Gasteiger partial charge on any atom is -0.387 e. The van der Waals surface area contributed by atoms with Crippen molar-refractivity contribution in [2.24, 2.45) is 5.92 Å². The zero-order valence-corrected chi connectivity index (χ0v) is 16.9. The number of benzene rings is 1. The molecule has 0 spiro atoms. The van der Waals surface area contributed by atoms with Crippen LogP contribution in [-0.4, -0.2) is 7.05 Å². The highest BCUT2D eigenvalue weighted by Crippen LogP contribution is 2.33. The van der Waals surface area contributed by atoms with Crippen LogP contribution >= 0.6 is 15.9 Å². The highest BCUT2D eigenvalue weighted by atomic mass is 79.9. The van der Waals surface area contributed by atoms with E-state index in [9.17, 15) is 8.78 Å². The van der Waals surface area contributed by atoms with E-state index in [1.165, 1.54) is 12.1 Å². The maximum absolute atomic E-state index is 14.6. The third-order valence-corrected chi connectivity index (χ3v) is 4.51. The number of nitrogens with one attached hydrogen (secondary N) is 1. The van der Waals surface area contributed by atoms with Crippen molar-refractivity contribution in [1.29, 1.82) is 0 Å². The van der Waals surface area contributed by atoms with Crippen LogP contribution in [0.1, 0.15) is 39.2 Å². The molecule has 0 aromatic heterocycles. The van der Waals surface area contributed by atoms with Gasteiger partial charge in [-0.15, -0.1) is 0 Å². The molecule has 1 atom stereocenters. The van der Waals surface area contributed by atoms with Crippen molar-refractivity contribution in [1.82, 2.24) is 5.32 Å². The number of allylic oxidation sites excluding steroid dienone is 6. The van der Waals surface area contributed by atoms with Gasteiger partial charge < -0.3 is 5.32 Å². The van der Waals surface area contributed by atoms with E-state index in [1.54, 1.807) is 13.1 Å². The Labute approximate surface area is 158 Å². The second-order valence-corrected chi connectivity index (χ2v) is 6.84. The first kappa shape index (κ1) is 21.4. The maximum atomic E-state index is 14.6. The van der Waals surface area contributed by atoms with E-state index in [1.807, 2.05) is 25.2 Å². The van der Waals surface area contributed by atoms with Crippen molar-refractivity contribution in [3.63, 3.8) is 0 Å². The van der Waals surface area contributed by atoms with Gasteiger partial charge in [0.1, 0.15) is 11.6 Å². The number of halogens is 3. The molecule has 1 unspecified atom stereocenters. The lowest BCUT2D eigenvalue weighted by Gasteiger charge is -2.20. The lowest BCUT2D eigenvalue weighted by molar-refractivity contribution is 0.556. The van der Waals surface area contributed by atoms with E-state index < -0.39 is 11.6 Å². The Morgan fingerprint density at radius 2 is 1.92 bits per heavy atom. The van der Waals surface area contributed by atoms with Crippen LogP contribution in [0.4, 0.5) is 8.78 Å². The molecule has 1 aromatic rings. The van der Waals surface area contributed by atoms with Gasteiger partial charge in [-0.3, -0.25) is 0 Å². The van der Waals surface area contributed by atoms with Gasteiger partial charge in [-0.05, 0) is 42.5 Å². The van der Waals surface area contributed by atoms with Crippen LogP contribution in [0.5, 0.6) is 0 Å². The van der Waals surface area contributed by atoms with E-state index in [-0.39, 0.29) is 5.56 Å². The summed E-state index contributed by atoms with van der Waals surface area (Å²) >= 11 is 3.13. The van der Waals surface area contributed by atoms with Crippen molar-refractivity contribution in [2.75, 3.05) is 7.05 Å². The van der Waals surface area contributed by atoms with Gasteiger partial charge in [0.2, 0.25) is 0 Å². The van der Waals surface area contributed by atoms with Crippen molar-refractivity contribution in [3.05, 3.63) is 75.8 Å². The van der Waals surface area contributed by atoms with Crippen LogP contribution in [0.15, 0.2) is 58.6 Å². The Kier molecular flexibility index (Phi) is 8.84. The summed E-state index contributed by atoms with van der Waals surface area (Å²) in [6, 6.07) is 2.56. The van der Waals surface area contributed by atoms with Crippen molar-refractivity contribution in [3.8, 4) is 0 Å². The molecule has 1 rings (SSSR count). The summed E-state index contributed by atoms with van der Waals surface area (Å²) in [4.78, 5) is 0. The zero-order chi connectivity index (χ0) is 19.0. The first-order valence-electron chi connectivity index (χ1n) is 8.41. The van der Waals surface area contributed by atoms with Crippen molar-refractivity contribution < 1.29 is 8.78 Å². The predicted octanol–water partition coefficient (Wildman–Crippen LogP) is 6.78. The molecule has 1 nitrogen and oxygen atoms in total. The molecule has 25 heavy (non-hydrogen) atoms. The fraction of sp³-hybridized carbons (Fsp3) is 0.333. The van der Waals surface area contributed by atoms with Gasteiger partial charge in [0.15, 0.2) is 0 Å². The van der Waals surface area contributed by atoms with Gasteiger partial charge in [-0.25, -0.2) is 8.78 Å². The molecule has 0 bridgehead atoms. The molecule has 1 aromatic carbocycles. The molecule has 136 valence electrons. The monoisotopic (exact) mass is 409 g/mol. The summed E-state index contributed by atoms with van der Waals surface area (Å²) in [6.45, 7) is 9.91. The van der Waals surface area contributed by atoms with Crippen molar-refractivity contribution in [2.45, 2.75) is 33.6 Å². The summed E-state index contributed by atoms with van der Waals surface area (Å²) < 4.78 is 29.5. The lowest BCUT2D eigenvalue weighted by atomic mass is 9.89. The van der Waals surface area contributed by atoms with Gasteiger partial charge >= 0.3 is 0 Å². The quantitative estimate of drug-likeness (QED) is 0.466. The normalized spacial score (nSPS) is 14.4. The third kappa shape index (κ3) is 5.67. The molecule has 1 N–H and O–H groups in total. The Balaban J connectivity index is 3.75. The molecule has 0 fully saturated rings. The second-order valence-electron chi connectivity index (χ2n) is 5.92. The van der Waals surface area contributed by atoms with Gasteiger partial charge in [-0.1, -0.05) is 67.1 Å². The van der Waals surface area contributed by atoms with Crippen LogP contribution < -0.4 is 5.32 Å². The van der Waals surface area contributed by atoms with E-state index in [0.717, 1.165) is 17.6 Å². The van der Waals surface area contributed by atoms with E-state index >= 15 is 0 Å². The van der Waals surface area contributed by atoms with Crippen molar-refractivity contribution >= 4 is 21.6 Å². The second kappa shape index (κ2) is 10.3. The predicted molar refractivity (Wildman–Crippen MR) is 107 cm³/mol. The Morgan fingerprint density at radius 1 is 1.32 bits per heavy atom. The number of rotatable bonds is 8. The van der Waals surface area contributed by atoms with Gasteiger partial charge in [0.05, 0.1) is 11.3 Å². The SMILES string of the molecule is C=C/C=C(\C=C/C)C(/CC(C)CC)=C(/NC)c1c(F)cc(Br)cc1F. The topological polar surface area (TPSA) is 12.0 Å². The molecule has 0 saturated heterocycles. The van der Waals surface area contributed by atoms with E-state index in [2.05, 4.69) is 41.7 Å². The largest absolute Gasteiger partial charge is 0.387 e. The zero-order valence-electron chi connectivity index (χ0n) is 15.3. The summed E-state index contributed by atoms with van der Waals surface area (Å²) in [5.74, 6) is -0.828. The third-order valence-electron chi connectivity index (χ3n) is 4.05. The molecule has 0 aliphatic carbocycles. The smallest absolute Gasteiger partial charge is 0.136 e. The molecule has 0 radical (unpaired) electrons. The first-order valence-corrected chi connectivity index (χ1v) is 9.20. The summed E-state index contributed by atoms with van der Waals surface area (Å²) in [5, 5.41) is 3.02. The highest BCUT2D eigenvalue weighted by Gasteiger charge is 2.20. The Hall–Kier alpha value is -1.68. The summed E-state index contributed by atoms with van der Waals surface area (Å²) in [5.41, 5.74) is 2.19. The Morgan fingerprint density at radius 3 is 2.36 bits per heavy atom. The van der Waals surface area contributed by atoms with Crippen LogP contribution in [-0.2, 0) is 0 Å². The molecule has 0 amide bonds. The van der Waals surface area contributed by atoms with Crippen LogP contribution in [0.3, 0.4) is 0 Å². The minimum absolute atomic E-state index is 0.0385. The van der Waals surface area contributed by atoms with Crippen LogP contribution in [0.2, 0.25) is 0 Å². The van der Waals surface area contributed by atoms with Crippen LogP contribution in [0.25, 0.3) is 5.70 Å². The van der Waals surface area contributed by atoms with Gasteiger partial charge in [0.25, 0.3) is 0 Å². The average Bonchev–Trinajstić information content (AvgIpc) is 2.55. The van der Waals surface area contributed by atoms with E-state index in [0.29, 0.717) is 22.5 Å². The van der Waals surface area contributed by atoms with Crippen LogP contribution in [0, 0.1) is 17.6 Å². The molecular weight excluding hydrogens is 384 g/mol. The molecule has 0 heterocycles. The number of hydrogen-bond acceptors (Lipinski definition) is 1. The Bertz CT molecular complexity index is 679. The molecule has 0 saturated carbocycles. The first-order chi connectivity index (χ1) is 11.9. The van der Waals surface area contributed by atoms with E-state index in [4.69, 9.17) is 0 Å². The fourth-order valence-corrected chi connectivity index (χ4v) is 3.03. The lowest BCUT2D eigenvalue weighted by Crippen LogP contribution is -2.14. The summed E-state index contributed by atoms with van der Waals surface area (Å²) in [7, 11) is 1.69. The standard InChI is InChI=1S/C21H26BrF2N/c1-6-9-15(10-7-2)17(11-14(4)8-3)21(25-5)20-18(23)12-16(22)13-19(20)24/h6-7,9-10,12-14,25H,1,8,11H2,2-5H3/b10-7-,15-9+,21-17+. The maximum Gasteiger partial charge on any atom is 0.136 e. The highest BCUT2D eigenvalue weighted by molar-refractivity contribution is 9.10. The minimum atomic E-state index is -0.601. The molecular formula is C21H26BrF2N. The summed E-state index contributed by atoms with van der Waals surface area (Å²) in [6.07, 6.45) is 9.07. The number of hydrogen-bond donors (Lipinski definition) is 1.